The van der Waals surface area contributed by atoms with Crippen LogP contribution in [-0.2, 0) is 20.1 Å². The average molecular weight is 385 g/mol. The molecule has 1 N–H and O–H groups in total. The number of hydrogen-bond donors (Lipinski definition) is 1. The summed E-state index contributed by atoms with van der Waals surface area (Å²) in [5.74, 6) is 0.565. The Morgan fingerprint density at radius 3 is 2.64 bits per heavy atom. The summed E-state index contributed by atoms with van der Waals surface area (Å²) in [5.41, 5.74) is 2.97. The molecule has 7 heteroatoms. The highest BCUT2D eigenvalue weighted by atomic mass is 19.1. The number of aryl methyl sites for hydroxylation is 1. The van der Waals surface area contributed by atoms with Crippen molar-refractivity contribution in [1.82, 2.24) is 15.1 Å². The van der Waals surface area contributed by atoms with Crippen LogP contribution < -0.4 is 14.8 Å². The Balaban J connectivity index is 1.52. The Kier molecular flexibility index (Phi) is 5.25. The fourth-order valence-corrected chi connectivity index (χ4v) is 3.23. The number of nitrogens with one attached hydrogen (secondary N) is 1. The van der Waals surface area contributed by atoms with E-state index in [1.165, 1.54) is 6.07 Å². The number of rotatable bonds is 5. The predicted molar refractivity (Wildman–Crippen MR) is 101 cm³/mol. The van der Waals surface area contributed by atoms with Gasteiger partial charge in [-0.3, -0.25) is 4.68 Å². The lowest BCUT2D eigenvalue weighted by Crippen LogP contribution is -2.14. The molecule has 3 aromatic rings. The van der Waals surface area contributed by atoms with Gasteiger partial charge in [0.25, 0.3) is 0 Å². The van der Waals surface area contributed by atoms with Gasteiger partial charge < -0.3 is 14.8 Å². The van der Waals surface area contributed by atoms with Crippen LogP contribution in [0.25, 0.3) is 11.3 Å². The van der Waals surface area contributed by atoms with E-state index in [9.17, 15) is 8.78 Å². The van der Waals surface area contributed by atoms with E-state index in [0.29, 0.717) is 31.1 Å². The van der Waals surface area contributed by atoms with Crippen molar-refractivity contribution in [3.63, 3.8) is 0 Å². The molecule has 0 aliphatic carbocycles. The first kappa shape index (κ1) is 18.4. The summed E-state index contributed by atoms with van der Waals surface area (Å²) >= 11 is 0. The summed E-state index contributed by atoms with van der Waals surface area (Å²) in [5, 5.41) is 7.72. The molecule has 4 rings (SSSR count). The van der Waals surface area contributed by atoms with Crippen molar-refractivity contribution in [1.29, 1.82) is 0 Å². The van der Waals surface area contributed by atoms with E-state index in [-0.39, 0.29) is 6.54 Å². The third kappa shape index (κ3) is 3.99. The maximum atomic E-state index is 13.8. The quantitative estimate of drug-likeness (QED) is 0.726. The fraction of sp³-hybridized carbons (Fsp3) is 0.286. The second-order valence-corrected chi connectivity index (χ2v) is 6.73. The smallest absolute Gasteiger partial charge is 0.161 e. The lowest BCUT2D eigenvalue weighted by molar-refractivity contribution is 0.297. The molecule has 0 unspecified atom stereocenters. The van der Waals surface area contributed by atoms with Gasteiger partial charge in [-0.15, -0.1) is 0 Å². The van der Waals surface area contributed by atoms with Gasteiger partial charge in [-0.05, 0) is 36.4 Å². The topological polar surface area (TPSA) is 48.3 Å². The summed E-state index contributed by atoms with van der Waals surface area (Å²) in [6, 6.07) is 9.23. The average Bonchev–Trinajstić information content (AvgIpc) is 2.90. The van der Waals surface area contributed by atoms with Gasteiger partial charge in [0, 0.05) is 49.4 Å². The van der Waals surface area contributed by atoms with Crippen LogP contribution in [0, 0.1) is 11.6 Å². The van der Waals surface area contributed by atoms with E-state index in [4.69, 9.17) is 9.47 Å². The normalized spacial score (nSPS) is 13.4. The first-order valence-electron chi connectivity index (χ1n) is 9.17. The molecule has 0 atom stereocenters. The minimum absolute atomic E-state index is 0.221. The van der Waals surface area contributed by atoms with Crippen LogP contribution in [-0.4, -0.2) is 23.0 Å². The van der Waals surface area contributed by atoms with Crippen molar-refractivity contribution in [2.24, 2.45) is 7.05 Å². The van der Waals surface area contributed by atoms with Gasteiger partial charge in [-0.1, -0.05) is 0 Å². The number of benzene rings is 2. The summed E-state index contributed by atoms with van der Waals surface area (Å²) < 4.78 is 40.3. The molecule has 0 fully saturated rings. The Bertz CT molecular complexity index is 988. The zero-order valence-electron chi connectivity index (χ0n) is 15.5. The number of aromatic nitrogens is 2. The molecule has 0 spiro atoms. The molecule has 2 aromatic carbocycles. The zero-order chi connectivity index (χ0) is 19.5. The molecule has 0 amide bonds. The minimum Gasteiger partial charge on any atom is -0.490 e. The SMILES string of the molecule is Cn1cc(CNCc2cc(F)ccc2F)c(-c2ccc3c(c2)OCCCO3)n1. The zero-order valence-corrected chi connectivity index (χ0v) is 15.5. The first-order chi connectivity index (χ1) is 13.6. The maximum absolute atomic E-state index is 13.8. The standard InChI is InChI=1S/C21H21F2N3O2/c1-26-13-16(12-24-11-15-9-17(22)4-5-18(15)23)21(25-26)14-3-6-19-20(10-14)28-8-2-7-27-19/h3-6,9-10,13,24H,2,7-8,11-12H2,1H3. The monoisotopic (exact) mass is 385 g/mol. The van der Waals surface area contributed by atoms with Crippen LogP contribution in [0.15, 0.2) is 42.6 Å². The summed E-state index contributed by atoms with van der Waals surface area (Å²) in [7, 11) is 1.85. The van der Waals surface area contributed by atoms with Gasteiger partial charge >= 0.3 is 0 Å². The van der Waals surface area contributed by atoms with Crippen LogP contribution in [0.4, 0.5) is 8.78 Å². The molecule has 0 bridgehead atoms. The second-order valence-electron chi connectivity index (χ2n) is 6.73. The van der Waals surface area contributed by atoms with Crippen molar-refractivity contribution < 1.29 is 18.3 Å². The van der Waals surface area contributed by atoms with Gasteiger partial charge in [-0.2, -0.15) is 5.10 Å². The van der Waals surface area contributed by atoms with Crippen LogP contribution in [0.5, 0.6) is 11.5 Å². The van der Waals surface area contributed by atoms with E-state index in [0.717, 1.165) is 41.1 Å². The number of nitrogens with zero attached hydrogens (tertiary/aromatic N) is 2. The summed E-state index contributed by atoms with van der Waals surface area (Å²) in [4.78, 5) is 0. The van der Waals surface area contributed by atoms with E-state index in [2.05, 4.69) is 10.4 Å². The number of fused-ring (bicyclic) bond motifs is 1. The van der Waals surface area contributed by atoms with Gasteiger partial charge in [0.05, 0.1) is 18.9 Å². The highest BCUT2D eigenvalue weighted by molar-refractivity contribution is 5.66. The van der Waals surface area contributed by atoms with Crippen LogP contribution in [0.1, 0.15) is 17.5 Å². The second kappa shape index (κ2) is 7.98. The van der Waals surface area contributed by atoms with Crippen LogP contribution >= 0.6 is 0 Å². The Hall–Kier alpha value is -2.93. The highest BCUT2D eigenvalue weighted by Gasteiger charge is 2.15. The molecule has 146 valence electrons. The molecular formula is C21H21F2N3O2. The van der Waals surface area contributed by atoms with Crippen molar-refractivity contribution in [2.75, 3.05) is 13.2 Å². The lowest BCUT2D eigenvalue weighted by atomic mass is 10.1. The van der Waals surface area contributed by atoms with Gasteiger partial charge in [0.1, 0.15) is 11.6 Å². The van der Waals surface area contributed by atoms with Crippen molar-refractivity contribution >= 4 is 0 Å². The van der Waals surface area contributed by atoms with Crippen molar-refractivity contribution in [3.05, 3.63) is 65.4 Å². The lowest BCUT2D eigenvalue weighted by Gasteiger charge is -2.10. The van der Waals surface area contributed by atoms with Gasteiger partial charge in [-0.25, -0.2) is 8.78 Å². The Labute approximate surface area is 161 Å². The van der Waals surface area contributed by atoms with E-state index >= 15 is 0 Å². The number of hydrogen-bond acceptors (Lipinski definition) is 4. The summed E-state index contributed by atoms with van der Waals surface area (Å²) in [6.07, 6.45) is 2.76. The third-order valence-corrected chi connectivity index (χ3v) is 4.56. The molecule has 0 radical (unpaired) electrons. The van der Waals surface area contributed by atoms with E-state index in [1.807, 2.05) is 31.4 Å². The Morgan fingerprint density at radius 2 is 1.79 bits per heavy atom. The summed E-state index contributed by atoms with van der Waals surface area (Å²) in [6.45, 7) is 1.95. The molecule has 28 heavy (non-hydrogen) atoms. The first-order valence-corrected chi connectivity index (χ1v) is 9.17. The molecule has 5 nitrogen and oxygen atoms in total. The third-order valence-electron chi connectivity index (χ3n) is 4.56. The molecule has 2 heterocycles. The van der Waals surface area contributed by atoms with Crippen LogP contribution in [0.2, 0.25) is 0 Å². The predicted octanol–water partition coefficient (Wildman–Crippen LogP) is 3.82. The van der Waals surface area contributed by atoms with Crippen molar-refractivity contribution in [3.8, 4) is 22.8 Å². The van der Waals surface area contributed by atoms with Crippen LogP contribution in [0.3, 0.4) is 0 Å². The number of ether oxygens (including phenoxy) is 2. The van der Waals surface area contributed by atoms with Gasteiger partial charge in [0.2, 0.25) is 0 Å². The molecule has 1 aromatic heterocycles. The maximum Gasteiger partial charge on any atom is 0.161 e. The molecule has 1 aliphatic rings. The van der Waals surface area contributed by atoms with E-state index in [1.54, 1.807) is 4.68 Å². The van der Waals surface area contributed by atoms with E-state index < -0.39 is 11.6 Å². The highest BCUT2D eigenvalue weighted by Crippen LogP contribution is 2.34. The van der Waals surface area contributed by atoms with Gasteiger partial charge in [0.15, 0.2) is 11.5 Å². The fourth-order valence-electron chi connectivity index (χ4n) is 3.23. The number of halogens is 2. The molecule has 0 saturated heterocycles. The Morgan fingerprint density at radius 1 is 1.00 bits per heavy atom. The van der Waals surface area contributed by atoms with Crippen molar-refractivity contribution in [2.45, 2.75) is 19.5 Å². The molecule has 0 saturated carbocycles. The largest absolute Gasteiger partial charge is 0.490 e. The molecular weight excluding hydrogens is 364 g/mol. The molecule has 1 aliphatic heterocycles. The minimum atomic E-state index is -0.451.